The number of carbonyl (C=O) groups is 1. The quantitative estimate of drug-likeness (QED) is 0.287. The van der Waals surface area contributed by atoms with Gasteiger partial charge in [0.25, 0.3) is 0 Å². The van der Waals surface area contributed by atoms with Crippen molar-refractivity contribution in [1.82, 2.24) is 0 Å². The van der Waals surface area contributed by atoms with E-state index in [9.17, 15) is 4.79 Å². The van der Waals surface area contributed by atoms with Crippen LogP contribution in [0.5, 0.6) is 0 Å². The van der Waals surface area contributed by atoms with Gasteiger partial charge < -0.3 is 4.74 Å². The molecule has 0 atom stereocenters. The minimum absolute atomic E-state index is 0.154. The van der Waals surface area contributed by atoms with Gasteiger partial charge in [-0.3, -0.25) is 4.79 Å². The van der Waals surface area contributed by atoms with Gasteiger partial charge in [-0.1, -0.05) is 49.8 Å². The van der Waals surface area contributed by atoms with Crippen LogP contribution >= 0.6 is 22.5 Å². The largest absolute Gasteiger partial charge is 0.465 e. The first kappa shape index (κ1) is 14.2. The second kappa shape index (κ2) is 11.2. The van der Waals surface area contributed by atoms with Crippen molar-refractivity contribution in [3.8, 4) is 0 Å². The summed E-state index contributed by atoms with van der Waals surface area (Å²) in [6.45, 7) is 2.77. The molecule has 0 saturated carbocycles. The molecule has 0 aliphatic carbocycles. The predicted octanol–water partition coefficient (Wildman–Crippen LogP) is 3.47. The van der Waals surface area contributed by atoms with E-state index in [2.05, 4.69) is 18.6 Å². The summed E-state index contributed by atoms with van der Waals surface area (Å²) in [5, 5.41) is 0. The fraction of sp³-hybridized carbons (Fsp3) is 0.900. The molecule has 0 heterocycles. The van der Waals surface area contributed by atoms with Crippen LogP contribution in [0.2, 0.25) is 0 Å². The van der Waals surface area contributed by atoms with Crippen LogP contribution < -0.4 is 0 Å². The van der Waals surface area contributed by atoms with Crippen LogP contribution in [-0.2, 0) is 9.53 Å². The Morgan fingerprint density at radius 2 is 1.86 bits per heavy atom. The molecule has 0 amide bonds. The molecule has 4 heteroatoms. The maximum Gasteiger partial charge on any atom is 0.316 e. The van der Waals surface area contributed by atoms with E-state index in [1.54, 1.807) is 0 Å². The summed E-state index contributed by atoms with van der Waals surface area (Å²) >= 11 is 3.88. The Hall–Kier alpha value is 0.170. The Bertz CT molecular complexity index is 140. The number of rotatable bonds is 9. The van der Waals surface area contributed by atoms with E-state index in [-0.39, 0.29) is 5.97 Å². The van der Waals surface area contributed by atoms with Crippen molar-refractivity contribution in [2.24, 2.45) is 0 Å². The molecule has 0 aromatic carbocycles. The Balaban J connectivity index is 3.01. The van der Waals surface area contributed by atoms with Gasteiger partial charge in [-0.05, 0) is 6.42 Å². The molecule has 0 fully saturated rings. The molecule has 0 aliphatic heterocycles. The van der Waals surface area contributed by atoms with Gasteiger partial charge in [0.2, 0.25) is 0 Å². The molecule has 0 bridgehead atoms. The second-order valence-electron chi connectivity index (χ2n) is 3.26. The molecule has 0 rings (SSSR count). The first-order valence-corrected chi connectivity index (χ1v) is 7.27. The third-order valence-corrected chi connectivity index (χ3v) is 2.70. The number of hydrogen-bond donors (Lipinski definition) is 1. The molecule has 14 heavy (non-hydrogen) atoms. The van der Waals surface area contributed by atoms with Gasteiger partial charge in [-0.25, -0.2) is 0 Å². The van der Waals surface area contributed by atoms with Gasteiger partial charge in [0.15, 0.2) is 0 Å². The van der Waals surface area contributed by atoms with Crippen molar-refractivity contribution in [1.29, 1.82) is 0 Å². The van der Waals surface area contributed by atoms with Gasteiger partial charge >= 0.3 is 5.97 Å². The first-order valence-electron chi connectivity index (χ1n) is 5.23. The lowest BCUT2D eigenvalue weighted by Crippen LogP contribution is -2.07. The van der Waals surface area contributed by atoms with Crippen LogP contribution in [0.4, 0.5) is 0 Å². The van der Waals surface area contributed by atoms with Gasteiger partial charge in [-0.15, -0.1) is 11.7 Å². The van der Waals surface area contributed by atoms with E-state index in [1.165, 1.54) is 42.9 Å². The summed E-state index contributed by atoms with van der Waals surface area (Å²) in [5.74, 6) is 0.192. The standard InChI is InChI=1S/C10H20O2S2/c1-2-3-4-5-6-7-8-12-10(11)9-14-13/h13H,2-9H2,1H3. The summed E-state index contributed by atoms with van der Waals surface area (Å²) in [5.41, 5.74) is 0. The van der Waals surface area contributed by atoms with E-state index >= 15 is 0 Å². The van der Waals surface area contributed by atoms with Crippen molar-refractivity contribution < 1.29 is 9.53 Å². The Morgan fingerprint density at radius 3 is 2.50 bits per heavy atom. The topological polar surface area (TPSA) is 26.3 Å². The highest BCUT2D eigenvalue weighted by Crippen LogP contribution is 2.07. The van der Waals surface area contributed by atoms with E-state index in [4.69, 9.17) is 4.74 Å². The summed E-state index contributed by atoms with van der Waals surface area (Å²) in [7, 11) is 1.20. The van der Waals surface area contributed by atoms with E-state index in [0.29, 0.717) is 12.4 Å². The third-order valence-electron chi connectivity index (χ3n) is 1.94. The molecule has 0 aromatic heterocycles. The van der Waals surface area contributed by atoms with E-state index in [1.807, 2.05) is 0 Å². The van der Waals surface area contributed by atoms with Crippen molar-refractivity contribution in [3.63, 3.8) is 0 Å². The molecule has 0 radical (unpaired) electrons. The normalized spacial score (nSPS) is 10.1. The van der Waals surface area contributed by atoms with Crippen LogP contribution in [0.3, 0.4) is 0 Å². The van der Waals surface area contributed by atoms with Crippen LogP contribution in [0.25, 0.3) is 0 Å². The Labute approximate surface area is 96.0 Å². The number of ether oxygens (including phenoxy) is 1. The number of unbranched alkanes of at least 4 members (excludes halogenated alkanes) is 5. The van der Waals surface area contributed by atoms with Crippen molar-refractivity contribution in [3.05, 3.63) is 0 Å². The average molecular weight is 236 g/mol. The maximum absolute atomic E-state index is 10.9. The van der Waals surface area contributed by atoms with Crippen LogP contribution in [0.15, 0.2) is 0 Å². The van der Waals surface area contributed by atoms with Crippen molar-refractivity contribution in [2.45, 2.75) is 45.4 Å². The van der Waals surface area contributed by atoms with Crippen LogP contribution in [-0.4, -0.2) is 18.3 Å². The smallest absolute Gasteiger partial charge is 0.316 e. The molecule has 0 aromatic rings. The van der Waals surface area contributed by atoms with Gasteiger partial charge in [0, 0.05) is 0 Å². The lowest BCUT2D eigenvalue weighted by atomic mass is 10.1. The average Bonchev–Trinajstić information content (AvgIpc) is 2.17. The number of hydrogen-bond acceptors (Lipinski definition) is 4. The summed E-state index contributed by atoms with van der Waals surface area (Å²) < 4.78 is 4.98. The van der Waals surface area contributed by atoms with Crippen molar-refractivity contribution in [2.75, 3.05) is 12.4 Å². The molecule has 0 unspecified atom stereocenters. The molecule has 0 N–H and O–H groups in total. The zero-order valence-corrected chi connectivity index (χ0v) is 10.5. The fourth-order valence-corrected chi connectivity index (χ4v) is 1.67. The highest BCUT2D eigenvalue weighted by atomic mass is 33.1. The molecule has 2 nitrogen and oxygen atoms in total. The molecule has 0 spiro atoms. The molecular weight excluding hydrogens is 216 g/mol. The maximum atomic E-state index is 10.9. The van der Waals surface area contributed by atoms with Gasteiger partial charge in [-0.2, -0.15) is 0 Å². The zero-order valence-electron chi connectivity index (χ0n) is 8.83. The van der Waals surface area contributed by atoms with Crippen molar-refractivity contribution >= 4 is 28.4 Å². The molecular formula is C10H20O2S2. The van der Waals surface area contributed by atoms with E-state index in [0.717, 1.165) is 6.42 Å². The molecule has 84 valence electrons. The molecule has 0 aliphatic rings. The summed E-state index contributed by atoms with van der Waals surface area (Å²) in [4.78, 5) is 10.9. The predicted molar refractivity (Wildman–Crippen MR) is 65.8 cm³/mol. The summed E-state index contributed by atoms with van der Waals surface area (Å²) in [6.07, 6.45) is 7.31. The first-order chi connectivity index (χ1) is 6.81. The number of thiol groups is 1. The minimum atomic E-state index is -0.154. The second-order valence-corrected chi connectivity index (χ2v) is 4.58. The van der Waals surface area contributed by atoms with Gasteiger partial charge in [0.05, 0.1) is 6.61 Å². The monoisotopic (exact) mass is 236 g/mol. The SMILES string of the molecule is CCCCCCCCOC(=O)CSS. The van der Waals surface area contributed by atoms with E-state index < -0.39 is 0 Å². The minimum Gasteiger partial charge on any atom is -0.465 e. The third kappa shape index (κ3) is 10.3. The zero-order chi connectivity index (χ0) is 10.6. The Morgan fingerprint density at radius 1 is 1.21 bits per heavy atom. The highest BCUT2D eigenvalue weighted by Gasteiger charge is 2.00. The van der Waals surface area contributed by atoms with Gasteiger partial charge in [0.1, 0.15) is 5.75 Å². The Kier molecular flexibility index (Phi) is 11.4. The molecule has 0 saturated heterocycles. The number of carbonyl (C=O) groups excluding carboxylic acids is 1. The van der Waals surface area contributed by atoms with Crippen LogP contribution in [0, 0.1) is 0 Å². The lowest BCUT2D eigenvalue weighted by Gasteiger charge is -2.03. The number of esters is 1. The lowest BCUT2D eigenvalue weighted by molar-refractivity contribution is -0.140. The highest BCUT2D eigenvalue weighted by molar-refractivity contribution is 8.68. The van der Waals surface area contributed by atoms with Crippen LogP contribution in [0.1, 0.15) is 45.4 Å². The summed E-state index contributed by atoms with van der Waals surface area (Å²) in [6, 6.07) is 0. The fourth-order valence-electron chi connectivity index (χ4n) is 1.16.